The summed E-state index contributed by atoms with van der Waals surface area (Å²) >= 11 is 0. The molecular weight excluding hydrogens is 453 g/mol. The fraction of sp³-hybridized carbons (Fsp3) is 0.321. The van der Waals surface area contributed by atoms with E-state index in [0.29, 0.717) is 24.4 Å². The zero-order valence-electron chi connectivity index (χ0n) is 19.8. The monoisotopic (exact) mass is 482 g/mol. The number of amides is 1. The summed E-state index contributed by atoms with van der Waals surface area (Å²) in [7, 11) is 3.32. The van der Waals surface area contributed by atoms with Crippen molar-refractivity contribution in [3.05, 3.63) is 95.1 Å². The second kappa shape index (κ2) is 10.5. The number of ether oxygens (including phenoxy) is 1. The van der Waals surface area contributed by atoms with E-state index < -0.39 is 23.6 Å². The molecule has 0 aromatic heterocycles. The van der Waals surface area contributed by atoms with Gasteiger partial charge >= 0.3 is 6.18 Å². The number of fused-ring (bicyclic) bond motifs is 1. The lowest BCUT2D eigenvalue weighted by molar-refractivity contribution is -0.138. The maximum Gasteiger partial charge on any atom is 0.416 e. The van der Waals surface area contributed by atoms with Crippen LogP contribution in [0, 0.1) is 5.92 Å². The number of carbonyl (C=O) groups is 1. The van der Waals surface area contributed by atoms with Gasteiger partial charge in [0.25, 0.3) is 0 Å². The molecular formula is C28H29F3N2O2. The van der Waals surface area contributed by atoms with E-state index in [1.165, 1.54) is 11.0 Å². The van der Waals surface area contributed by atoms with E-state index in [1.807, 2.05) is 42.5 Å². The second-order valence-electron chi connectivity index (χ2n) is 8.77. The predicted molar refractivity (Wildman–Crippen MR) is 131 cm³/mol. The summed E-state index contributed by atoms with van der Waals surface area (Å²) in [6.07, 6.45) is -3.98. The van der Waals surface area contributed by atoms with Gasteiger partial charge in [0.1, 0.15) is 5.75 Å². The van der Waals surface area contributed by atoms with Crippen molar-refractivity contribution in [2.24, 2.45) is 5.92 Å². The average molecular weight is 483 g/mol. The third kappa shape index (κ3) is 5.35. The van der Waals surface area contributed by atoms with E-state index in [0.717, 1.165) is 17.2 Å². The van der Waals surface area contributed by atoms with E-state index in [4.69, 9.17) is 4.74 Å². The largest absolute Gasteiger partial charge is 0.497 e. The Morgan fingerprint density at radius 3 is 2.34 bits per heavy atom. The SMILES string of the molecule is CNCCN1C(=O)[C@@H](Cc2ccccc2)[C@@H](c2ccc(OC)cc2)Cc2c1cccc2C(F)(F)F. The quantitative estimate of drug-likeness (QED) is 0.486. The summed E-state index contributed by atoms with van der Waals surface area (Å²) in [5, 5.41) is 3.02. The van der Waals surface area contributed by atoms with Crippen molar-refractivity contribution in [3.63, 3.8) is 0 Å². The lowest BCUT2D eigenvalue weighted by Gasteiger charge is -2.29. The van der Waals surface area contributed by atoms with Crippen molar-refractivity contribution < 1.29 is 22.7 Å². The lowest BCUT2D eigenvalue weighted by atomic mass is 9.78. The van der Waals surface area contributed by atoms with Gasteiger partial charge in [-0.25, -0.2) is 0 Å². The molecule has 4 rings (SSSR count). The number of likely N-dealkylation sites (N-methyl/N-ethyl adjacent to an activating group) is 1. The number of benzene rings is 3. The van der Waals surface area contributed by atoms with Gasteiger partial charge in [-0.1, -0.05) is 48.5 Å². The van der Waals surface area contributed by atoms with Crippen molar-refractivity contribution in [3.8, 4) is 5.75 Å². The molecule has 1 aliphatic heterocycles. The van der Waals surface area contributed by atoms with E-state index in [1.54, 1.807) is 32.4 Å². The highest BCUT2D eigenvalue weighted by molar-refractivity contribution is 5.97. The number of alkyl halides is 3. The number of rotatable bonds is 7. The Morgan fingerprint density at radius 1 is 1.00 bits per heavy atom. The van der Waals surface area contributed by atoms with Crippen LogP contribution in [-0.2, 0) is 23.8 Å². The zero-order chi connectivity index (χ0) is 25.0. The first kappa shape index (κ1) is 24.8. The minimum atomic E-state index is -4.52. The van der Waals surface area contributed by atoms with E-state index >= 15 is 0 Å². The number of methoxy groups -OCH3 is 1. The van der Waals surface area contributed by atoms with Crippen LogP contribution in [-0.4, -0.2) is 33.2 Å². The van der Waals surface area contributed by atoms with Crippen LogP contribution >= 0.6 is 0 Å². The van der Waals surface area contributed by atoms with Gasteiger partial charge < -0.3 is 15.0 Å². The summed E-state index contributed by atoms with van der Waals surface area (Å²) in [5.74, 6) is -0.477. The number of nitrogens with zero attached hydrogens (tertiary/aromatic N) is 1. The van der Waals surface area contributed by atoms with E-state index in [2.05, 4.69) is 5.32 Å². The molecule has 7 heteroatoms. The molecule has 1 N–H and O–H groups in total. The van der Waals surface area contributed by atoms with Gasteiger partial charge in [-0.3, -0.25) is 4.79 Å². The molecule has 0 spiro atoms. The Balaban J connectivity index is 1.89. The Bertz CT molecular complexity index is 1150. The molecule has 0 fully saturated rings. The molecule has 1 amide bonds. The number of halogens is 3. The molecule has 3 aromatic rings. The molecule has 0 saturated carbocycles. The van der Waals surface area contributed by atoms with Crippen LogP contribution in [0.4, 0.5) is 18.9 Å². The van der Waals surface area contributed by atoms with Gasteiger partial charge in [-0.2, -0.15) is 13.2 Å². The molecule has 0 unspecified atom stereocenters. The van der Waals surface area contributed by atoms with Crippen LogP contribution < -0.4 is 15.0 Å². The maximum atomic E-state index is 14.1. The molecule has 35 heavy (non-hydrogen) atoms. The summed E-state index contributed by atoms with van der Waals surface area (Å²) in [4.78, 5) is 15.6. The molecule has 0 aliphatic carbocycles. The summed E-state index contributed by atoms with van der Waals surface area (Å²) in [6, 6.07) is 21.1. The third-order valence-corrected chi connectivity index (χ3v) is 6.67. The van der Waals surface area contributed by atoms with Crippen molar-refractivity contribution in [1.29, 1.82) is 0 Å². The first-order valence-electron chi connectivity index (χ1n) is 11.7. The van der Waals surface area contributed by atoms with Crippen molar-refractivity contribution >= 4 is 11.6 Å². The van der Waals surface area contributed by atoms with Crippen LogP contribution in [0.3, 0.4) is 0 Å². The van der Waals surface area contributed by atoms with Crippen molar-refractivity contribution in [2.45, 2.75) is 24.9 Å². The molecule has 1 heterocycles. The highest BCUT2D eigenvalue weighted by Crippen LogP contribution is 2.44. The fourth-order valence-corrected chi connectivity index (χ4v) is 4.91. The fourth-order valence-electron chi connectivity index (χ4n) is 4.91. The summed E-state index contributed by atoms with van der Waals surface area (Å²) < 4.78 is 47.6. The van der Waals surface area contributed by atoms with E-state index in [-0.39, 0.29) is 24.4 Å². The second-order valence-corrected chi connectivity index (χ2v) is 8.77. The molecule has 2 atom stereocenters. The Labute approximate surface area is 203 Å². The minimum Gasteiger partial charge on any atom is -0.497 e. The molecule has 3 aromatic carbocycles. The smallest absolute Gasteiger partial charge is 0.416 e. The third-order valence-electron chi connectivity index (χ3n) is 6.67. The molecule has 0 saturated heterocycles. The highest BCUT2D eigenvalue weighted by atomic mass is 19.4. The number of hydrogen-bond donors (Lipinski definition) is 1. The maximum absolute atomic E-state index is 14.1. The summed E-state index contributed by atoms with van der Waals surface area (Å²) in [5.41, 5.74) is 1.62. The van der Waals surface area contributed by atoms with Crippen LogP contribution in [0.25, 0.3) is 0 Å². The molecule has 4 nitrogen and oxygen atoms in total. The first-order valence-corrected chi connectivity index (χ1v) is 11.7. The molecule has 0 radical (unpaired) electrons. The van der Waals surface area contributed by atoms with Gasteiger partial charge in [0.05, 0.1) is 12.7 Å². The van der Waals surface area contributed by atoms with E-state index in [9.17, 15) is 18.0 Å². The zero-order valence-corrected chi connectivity index (χ0v) is 19.8. The van der Waals surface area contributed by atoms with Gasteiger partial charge in [-0.15, -0.1) is 0 Å². The number of nitrogens with one attached hydrogen (secondary N) is 1. The summed E-state index contributed by atoms with van der Waals surface area (Å²) in [6.45, 7) is 0.747. The van der Waals surface area contributed by atoms with Gasteiger partial charge in [0.2, 0.25) is 5.91 Å². The van der Waals surface area contributed by atoms with Crippen LogP contribution in [0.5, 0.6) is 5.75 Å². The van der Waals surface area contributed by atoms with Gasteiger partial charge in [-0.05, 0) is 66.8 Å². The molecule has 0 bridgehead atoms. The Hall–Kier alpha value is -3.32. The Kier molecular flexibility index (Phi) is 7.45. The number of anilines is 1. The topological polar surface area (TPSA) is 41.6 Å². The van der Waals surface area contributed by atoms with Crippen LogP contribution in [0.1, 0.15) is 28.2 Å². The average Bonchev–Trinajstić information content (AvgIpc) is 2.97. The van der Waals surface area contributed by atoms with Crippen LogP contribution in [0.15, 0.2) is 72.8 Å². The van der Waals surface area contributed by atoms with Crippen molar-refractivity contribution in [1.82, 2.24) is 5.32 Å². The number of hydrogen-bond acceptors (Lipinski definition) is 3. The normalized spacial score (nSPS) is 18.2. The number of carbonyl (C=O) groups excluding carboxylic acids is 1. The van der Waals surface area contributed by atoms with Gasteiger partial charge in [0, 0.05) is 24.7 Å². The Morgan fingerprint density at radius 2 is 1.71 bits per heavy atom. The van der Waals surface area contributed by atoms with Crippen LogP contribution in [0.2, 0.25) is 0 Å². The lowest BCUT2D eigenvalue weighted by Crippen LogP contribution is -2.41. The molecule has 1 aliphatic rings. The predicted octanol–water partition coefficient (Wildman–Crippen LogP) is 5.47. The molecule has 184 valence electrons. The van der Waals surface area contributed by atoms with Gasteiger partial charge in [0.15, 0.2) is 0 Å². The van der Waals surface area contributed by atoms with Crippen molar-refractivity contribution in [2.75, 3.05) is 32.1 Å². The standard InChI is InChI=1S/C28H29F3N2O2/c1-32-15-16-33-26-10-6-9-25(28(29,30)31)24(26)18-22(20-11-13-21(35-2)14-12-20)23(27(33)34)17-19-7-4-3-5-8-19/h3-14,22-23,32H,15-18H2,1-2H3/t22-,23+/m1/s1. The first-order chi connectivity index (χ1) is 16.8. The highest BCUT2D eigenvalue weighted by Gasteiger charge is 2.42. The minimum absolute atomic E-state index is 0.108.